The minimum Gasteiger partial charge on any atom is -0.231 e. The number of hydrogen-bond acceptors (Lipinski definition) is 2. The average molecular weight is 649 g/mol. The molecular weight excluding hydrogens is 617 g/mol. The summed E-state index contributed by atoms with van der Waals surface area (Å²) < 4.78 is 0. The average Bonchev–Trinajstić information content (AvgIpc) is 3.68. The van der Waals surface area contributed by atoms with Gasteiger partial charge in [0.1, 0.15) is 0 Å². The molecule has 1 aromatic heterocycles. The van der Waals surface area contributed by atoms with Gasteiger partial charge in [-0.3, -0.25) is 0 Å². The Labute approximate surface area is 297 Å². The van der Waals surface area contributed by atoms with Crippen LogP contribution in [0.15, 0.2) is 176 Å². The van der Waals surface area contributed by atoms with E-state index in [1.807, 2.05) is 0 Å². The van der Waals surface area contributed by atoms with Crippen molar-refractivity contribution in [2.24, 2.45) is 0 Å². The lowest BCUT2D eigenvalue weighted by atomic mass is 9.72. The molecule has 238 valence electrons. The van der Waals surface area contributed by atoms with Crippen LogP contribution in [0, 0.1) is 0 Å². The molecule has 0 amide bonds. The lowest BCUT2D eigenvalue weighted by Crippen LogP contribution is -2.27. The second-order valence-electron chi connectivity index (χ2n) is 14.0. The van der Waals surface area contributed by atoms with E-state index in [1.165, 1.54) is 61.2 Å². The zero-order chi connectivity index (χ0) is 33.5. The maximum atomic E-state index is 5.58. The predicted octanol–water partition coefficient (Wildman–Crippen LogP) is 11.5. The Hall–Kier alpha value is -6.38. The fourth-order valence-electron chi connectivity index (χ4n) is 9.36. The first kappa shape index (κ1) is 28.5. The first-order valence-electron chi connectivity index (χ1n) is 17.9. The molecule has 0 bridgehead atoms. The fourth-order valence-corrected chi connectivity index (χ4v) is 9.36. The highest BCUT2D eigenvalue weighted by Crippen LogP contribution is 2.63. The normalized spacial score (nSPS) is 15.3. The Morgan fingerprint density at radius 1 is 0.431 bits per heavy atom. The van der Waals surface area contributed by atoms with Crippen molar-refractivity contribution in [2.45, 2.75) is 17.8 Å². The van der Waals surface area contributed by atoms with Gasteiger partial charge in [-0.25, -0.2) is 9.97 Å². The van der Waals surface area contributed by atoms with Gasteiger partial charge in [0.15, 0.2) is 5.82 Å². The molecule has 7 aromatic carbocycles. The topological polar surface area (TPSA) is 25.8 Å². The third-order valence-corrected chi connectivity index (χ3v) is 11.5. The van der Waals surface area contributed by atoms with Crippen molar-refractivity contribution >= 4 is 0 Å². The third kappa shape index (κ3) is 3.93. The molecule has 0 saturated heterocycles. The molecular formula is C49H32N2. The van der Waals surface area contributed by atoms with Crippen LogP contribution in [-0.2, 0) is 11.8 Å². The van der Waals surface area contributed by atoms with E-state index in [4.69, 9.17) is 9.97 Å². The molecule has 0 N–H and O–H groups in total. The van der Waals surface area contributed by atoms with Crippen LogP contribution >= 0.6 is 0 Å². The van der Waals surface area contributed by atoms with Gasteiger partial charge < -0.3 is 0 Å². The lowest BCUT2D eigenvalue weighted by molar-refractivity contribution is 0.758. The Bertz CT molecular complexity index is 2620. The van der Waals surface area contributed by atoms with E-state index in [2.05, 4.69) is 176 Å². The molecule has 51 heavy (non-hydrogen) atoms. The number of fused-ring (bicyclic) bond motifs is 13. The fraction of sp³-hybridized carbons (Fsp3) is 0.0612. The highest BCUT2D eigenvalue weighted by molar-refractivity contribution is 5.98. The van der Waals surface area contributed by atoms with E-state index in [0.29, 0.717) is 0 Å². The molecule has 2 nitrogen and oxygen atoms in total. The number of benzene rings is 7. The van der Waals surface area contributed by atoms with E-state index >= 15 is 0 Å². The summed E-state index contributed by atoms with van der Waals surface area (Å²) in [5, 5.41) is 0. The van der Waals surface area contributed by atoms with Gasteiger partial charge in [0.2, 0.25) is 0 Å². The Morgan fingerprint density at radius 2 is 0.980 bits per heavy atom. The number of aromatic nitrogens is 2. The van der Waals surface area contributed by atoms with Crippen LogP contribution in [0.3, 0.4) is 0 Å². The number of rotatable bonds is 3. The van der Waals surface area contributed by atoms with Crippen LogP contribution in [0.1, 0.15) is 45.0 Å². The molecule has 0 fully saturated rings. The summed E-state index contributed by atoms with van der Waals surface area (Å²) in [7, 11) is 0. The van der Waals surface area contributed by atoms with Gasteiger partial charge in [-0.2, -0.15) is 0 Å². The molecule has 0 radical (unpaired) electrons. The molecule has 1 atom stereocenters. The second kappa shape index (κ2) is 10.8. The molecule has 1 heterocycles. The molecule has 0 aliphatic heterocycles. The van der Waals surface area contributed by atoms with Crippen LogP contribution in [-0.4, -0.2) is 9.97 Å². The van der Waals surface area contributed by atoms with Gasteiger partial charge >= 0.3 is 0 Å². The van der Waals surface area contributed by atoms with Gasteiger partial charge in [0, 0.05) is 22.6 Å². The van der Waals surface area contributed by atoms with E-state index < -0.39 is 5.41 Å². The van der Waals surface area contributed by atoms with Crippen molar-refractivity contribution in [3.8, 4) is 56.0 Å². The quantitative estimate of drug-likeness (QED) is 0.191. The van der Waals surface area contributed by atoms with Gasteiger partial charge in [-0.15, -0.1) is 0 Å². The first-order valence-corrected chi connectivity index (χ1v) is 17.9. The van der Waals surface area contributed by atoms with Gasteiger partial charge in [-0.1, -0.05) is 176 Å². The van der Waals surface area contributed by atoms with Gasteiger partial charge in [0.25, 0.3) is 0 Å². The Balaban J connectivity index is 1.15. The van der Waals surface area contributed by atoms with E-state index in [0.717, 1.165) is 40.3 Å². The minimum atomic E-state index is -0.542. The number of hydrogen-bond donors (Lipinski definition) is 0. The summed E-state index contributed by atoms with van der Waals surface area (Å²) in [5.74, 6) is 1.04. The minimum absolute atomic E-state index is 0.289. The SMILES string of the molecule is c1ccc(-c2nc(-c3ccc([C@@H]4Cc5ccccc5-c5ccccc54)cc3)c3c(n2)C2(c4ccccc4-c4ccccc42)c2ccccc2-3)cc1. The summed E-state index contributed by atoms with van der Waals surface area (Å²) in [6, 6.07) is 64.2. The standard InChI is InChI=1S/C49H32N2/c1-2-14-33(15-3-1)48-50-46(32-28-26-31(27-29-32)41-30-34-16-4-5-17-35(34)36-18-6-7-19-37(36)41)45-40-22-10-13-25-44(40)49(47(45)51-48)42-23-11-8-20-38(42)39-21-9-12-24-43(39)49/h1-29,41H,30H2/t41-/m0/s1. The van der Waals surface area contributed by atoms with E-state index in [-0.39, 0.29) is 5.92 Å². The lowest BCUT2D eigenvalue weighted by Gasteiger charge is -2.29. The van der Waals surface area contributed by atoms with Crippen LogP contribution in [0.25, 0.3) is 56.0 Å². The Morgan fingerprint density at radius 3 is 1.69 bits per heavy atom. The van der Waals surface area contributed by atoms with Crippen LogP contribution in [0.5, 0.6) is 0 Å². The van der Waals surface area contributed by atoms with Gasteiger partial charge in [-0.05, 0) is 67.6 Å². The first-order chi connectivity index (χ1) is 25.3. The van der Waals surface area contributed by atoms with Crippen LogP contribution < -0.4 is 0 Å². The largest absolute Gasteiger partial charge is 0.231 e. The zero-order valence-corrected chi connectivity index (χ0v) is 27.9. The summed E-state index contributed by atoms with van der Waals surface area (Å²) in [6.07, 6.45) is 0.988. The van der Waals surface area contributed by atoms with Crippen molar-refractivity contribution in [1.82, 2.24) is 9.97 Å². The van der Waals surface area contributed by atoms with Crippen molar-refractivity contribution in [1.29, 1.82) is 0 Å². The van der Waals surface area contributed by atoms with Crippen molar-refractivity contribution < 1.29 is 0 Å². The molecule has 3 aliphatic rings. The molecule has 0 unspecified atom stereocenters. The van der Waals surface area contributed by atoms with Gasteiger partial charge in [0.05, 0.1) is 16.8 Å². The summed E-state index contributed by atoms with van der Waals surface area (Å²) >= 11 is 0. The Kier molecular flexibility index (Phi) is 6.03. The van der Waals surface area contributed by atoms with Crippen LogP contribution in [0.4, 0.5) is 0 Å². The number of nitrogens with zero attached hydrogens (tertiary/aromatic N) is 2. The third-order valence-electron chi connectivity index (χ3n) is 11.5. The van der Waals surface area contributed by atoms with Crippen LogP contribution in [0.2, 0.25) is 0 Å². The zero-order valence-electron chi connectivity index (χ0n) is 27.9. The highest BCUT2D eigenvalue weighted by Gasteiger charge is 2.53. The molecule has 11 rings (SSSR count). The summed E-state index contributed by atoms with van der Waals surface area (Å²) in [6.45, 7) is 0. The van der Waals surface area contributed by atoms with E-state index in [1.54, 1.807) is 0 Å². The summed E-state index contributed by atoms with van der Waals surface area (Å²) in [4.78, 5) is 11.0. The monoisotopic (exact) mass is 648 g/mol. The predicted molar refractivity (Wildman–Crippen MR) is 207 cm³/mol. The summed E-state index contributed by atoms with van der Waals surface area (Å²) in [5.41, 5.74) is 19.2. The molecule has 3 aliphatic carbocycles. The maximum Gasteiger partial charge on any atom is 0.160 e. The van der Waals surface area contributed by atoms with E-state index in [9.17, 15) is 0 Å². The maximum absolute atomic E-state index is 5.58. The van der Waals surface area contributed by atoms with Crippen molar-refractivity contribution in [3.63, 3.8) is 0 Å². The molecule has 0 saturated carbocycles. The molecule has 8 aromatic rings. The molecule has 2 heteroatoms. The molecule has 1 spiro atoms. The highest BCUT2D eigenvalue weighted by atomic mass is 14.9. The van der Waals surface area contributed by atoms with Crippen molar-refractivity contribution in [3.05, 3.63) is 215 Å². The second-order valence-corrected chi connectivity index (χ2v) is 14.0. The van der Waals surface area contributed by atoms with Crippen molar-refractivity contribution in [2.75, 3.05) is 0 Å². The smallest absolute Gasteiger partial charge is 0.160 e.